The SMILES string of the molecule is COc1ccccc1NC(=O)COC(=O)/C=C/c1ccccc1C. The number of amides is 1. The van der Waals surface area contributed by atoms with E-state index in [2.05, 4.69) is 5.32 Å². The fraction of sp³-hybridized carbons (Fsp3) is 0.158. The van der Waals surface area contributed by atoms with Crippen molar-refractivity contribution in [1.29, 1.82) is 0 Å². The number of nitrogens with one attached hydrogen (secondary N) is 1. The van der Waals surface area contributed by atoms with E-state index in [1.807, 2.05) is 31.2 Å². The summed E-state index contributed by atoms with van der Waals surface area (Å²) < 4.78 is 10.1. The van der Waals surface area contributed by atoms with Crippen molar-refractivity contribution < 1.29 is 19.1 Å². The second-order valence-electron chi connectivity index (χ2n) is 5.05. The molecule has 5 nitrogen and oxygen atoms in total. The van der Waals surface area contributed by atoms with E-state index in [1.165, 1.54) is 13.2 Å². The molecule has 124 valence electrons. The normalized spacial score (nSPS) is 10.4. The summed E-state index contributed by atoms with van der Waals surface area (Å²) in [6.07, 6.45) is 2.97. The van der Waals surface area contributed by atoms with Crippen molar-refractivity contribution >= 4 is 23.6 Å². The third kappa shape index (κ3) is 4.98. The summed E-state index contributed by atoms with van der Waals surface area (Å²) in [5.74, 6) is -0.470. The number of hydrogen-bond acceptors (Lipinski definition) is 4. The predicted octanol–water partition coefficient (Wildman–Crippen LogP) is 3.20. The van der Waals surface area contributed by atoms with Gasteiger partial charge in [0.05, 0.1) is 12.8 Å². The number of ether oxygens (including phenoxy) is 2. The number of methoxy groups -OCH3 is 1. The quantitative estimate of drug-likeness (QED) is 0.654. The van der Waals surface area contributed by atoms with Gasteiger partial charge >= 0.3 is 5.97 Å². The average Bonchev–Trinajstić information content (AvgIpc) is 2.59. The molecule has 0 unspecified atom stereocenters. The van der Waals surface area contributed by atoms with Crippen LogP contribution in [0.15, 0.2) is 54.6 Å². The number of aryl methyl sites for hydroxylation is 1. The molecule has 2 aromatic rings. The average molecular weight is 325 g/mol. The standard InChI is InChI=1S/C19H19NO4/c1-14-7-3-4-8-15(14)11-12-19(22)24-13-18(21)20-16-9-5-6-10-17(16)23-2/h3-12H,13H2,1-2H3,(H,20,21)/b12-11+. The molecule has 0 spiro atoms. The van der Waals surface area contributed by atoms with Crippen molar-refractivity contribution in [1.82, 2.24) is 0 Å². The van der Waals surface area contributed by atoms with Gasteiger partial charge in [0.15, 0.2) is 6.61 Å². The summed E-state index contributed by atoms with van der Waals surface area (Å²) >= 11 is 0. The van der Waals surface area contributed by atoms with Crippen molar-refractivity contribution in [3.05, 3.63) is 65.7 Å². The number of carbonyl (C=O) groups excluding carboxylic acids is 2. The fourth-order valence-corrected chi connectivity index (χ4v) is 2.05. The van der Waals surface area contributed by atoms with Crippen LogP contribution in [0.3, 0.4) is 0 Å². The Kier molecular flexibility index (Phi) is 6.14. The maximum atomic E-state index is 11.8. The maximum absolute atomic E-state index is 11.8. The fourth-order valence-electron chi connectivity index (χ4n) is 2.05. The summed E-state index contributed by atoms with van der Waals surface area (Å²) in [5, 5.41) is 2.63. The first kappa shape index (κ1) is 17.3. The highest BCUT2D eigenvalue weighted by Gasteiger charge is 2.08. The molecule has 5 heteroatoms. The summed E-state index contributed by atoms with van der Waals surface area (Å²) in [6.45, 7) is 1.58. The van der Waals surface area contributed by atoms with Crippen LogP contribution in [-0.4, -0.2) is 25.6 Å². The number of para-hydroxylation sites is 2. The predicted molar refractivity (Wildman–Crippen MR) is 92.8 cm³/mol. The van der Waals surface area contributed by atoms with Crippen LogP contribution < -0.4 is 10.1 Å². The second kappa shape index (κ2) is 8.53. The van der Waals surface area contributed by atoms with Crippen LogP contribution in [-0.2, 0) is 14.3 Å². The molecular formula is C19H19NO4. The van der Waals surface area contributed by atoms with Crippen molar-refractivity contribution in [2.75, 3.05) is 19.0 Å². The van der Waals surface area contributed by atoms with Crippen LogP contribution in [0.2, 0.25) is 0 Å². The third-order valence-electron chi connectivity index (χ3n) is 3.31. The highest BCUT2D eigenvalue weighted by atomic mass is 16.5. The monoisotopic (exact) mass is 325 g/mol. The molecule has 2 aromatic carbocycles. The van der Waals surface area contributed by atoms with E-state index in [4.69, 9.17) is 9.47 Å². The number of carbonyl (C=O) groups is 2. The Bertz CT molecular complexity index is 753. The number of hydrogen-bond donors (Lipinski definition) is 1. The van der Waals surface area contributed by atoms with E-state index in [0.717, 1.165) is 11.1 Å². The van der Waals surface area contributed by atoms with Gasteiger partial charge < -0.3 is 14.8 Å². The van der Waals surface area contributed by atoms with Crippen LogP contribution in [0.25, 0.3) is 6.08 Å². The number of anilines is 1. The molecule has 0 bridgehead atoms. The lowest BCUT2D eigenvalue weighted by molar-refractivity contribution is -0.142. The molecule has 24 heavy (non-hydrogen) atoms. The molecule has 1 amide bonds. The van der Waals surface area contributed by atoms with Gasteiger partial charge in [0.25, 0.3) is 5.91 Å². The molecule has 0 heterocycles. The maximum Gasteiger partial charge on any atom is 0.331 e. The van der Waals surface area contributed by atoms with Gasteiger partial charge in [0.2, 0.25) is 0 Å². The number of benzene rings is 2. The van der Waals surface area contributed by atoms with Gasteiger partial charge in [-0.1, -0.05) is 36.4 Å². The minimum Gasteiger partial charge on any atom is -0.495 e. The lowest BCUT2D eigenvalue weighted by Gasteiger charge is -2.09. The lowest BCUT2D eigenvalue weighted by Crippen LogP contribution is -2.20. The third-order valence-corrected chi connectivity index (χ3v) is 3.31. The zero-order valence-electron chi connectivity index (χ0n) is 13.6. The molecule has 0 radical (unpaired) electrons. The van der Waals surface area contributed by atoms with Crippen molar-refractivity contribution in [2.24, 2.45) is 0 Å². The summed E-state index contributed by atoms with van der Waals surface area (Å²) in [5.41, 5.74) is 2.50. The topological polar surface area (TPSA) is 64.6 Å². The summed E-state index contributed by atoms with van der Waals surface area (Å²) in [6, 6.07) is 14.7. The van der Waals surface area contributed by atoms with Crippen LogP contribution in [0, 0.1) is 6.92 Å². The Morgan fingerprint density at radius 2 is 1.79 bits per heavy atom. The van der Waals surface area contributed by atoms with Crippen molar-refractivity contribution in [2.45, 2.75) is 6.92 Å². The van der Waals surface area contributed by atoms with Gasteiger partial charge in [0, 0.05) is 6.08 Å². The first-order chi connectivity index (χ1) is 11.6. The van der Waals surface area contributed by atoms with E-state index in [0.29, 0.717) is 11.4 Å². The summed E-state index contributed by atoms with van der Waals surface area (Å²) in [7, 11) is 1.52. The van der Waals surface area contributed by atoms with E-state index in [-0.39, 0.29) is 6.61 Å². The Morgan fingerprint density at radius 1 is 1.08 bits per heavy atom. The van der Waals surface area contributed by atoms with E-state index in [1.54, 1.807) is 30.3 Å². The molecule has 0 fully saturated rings. The first-order valence-corrected chi connectivity index (χ1v) is 7.43. The molecule has 0 aliphatic rings. The van der Waals surface area contributed by atoms with Gasteiger partial charge in [0.1, 0.15) is 5.75 Å². The second-order valence-corrected chi connectivity index (χ2v) is 5.05. The van der Waals surface area contributed by atoms with Crippen LogP contribution in [0.4, 0.5) is 5.69 Å². The molecule has 0 saturated heterocycles. The zero-order valence-corrected chi connectivity index (χ0v) is 13.6. The highest BCUT2D eigenvalue weighted by molar-refractivity contribution is 5.95. The van der Waals surface area contributed by atoms with Gasteiger partial charge in [-0.25, -0.2) is 4.79 Å². The molecule has 1 N–H and O–H groups in total. The van der Waals surface area contributed by atoms with Crippen LogP contribution >= 0.6 is 0 Å². The van der Waals surface area contributed by atoms with Crippen LogP contribution in [0.5, 0.6) is 5.75 Å². The van der Waals surface area contributed by atoms with E-state index < -0.39 is 11.9 Å². The molecule has 0 aromatic heterocycles. The van der Waals surface area contributed by atoms with E-state index >= 15 is 0 Å². The molecule has 0 aliphatic carbocycles. The Morgan fingerprint density at radius 3 is 2.54 bits per heavy atom. The van der Waals surface area contributed by atoms with E-state index in [9.17, 15) is 9.59 Å². The minimum absolute atomic E-state index is 0.366. The Labute approximate surface area is 140 Å². The van der Waals surface area contributed by atoms with Crippen molar-refractivity contribution in [3.63, 3.8) is 0 Å². The molecular weight excluding hydrogens is 306 g/mol. The Balaban J connectivity index is 1.85. The lowest BCUT2D eigenvalue weighted by atomic mass is 10.1. The van der Waals surface area contributed by atoms with Crippen molar-refractivity contribution in [3.8, 4) is 5.75 Å². The molecule has 0 atom stereocenters. The molecule has 0 aliphatic heterocycles. The van der Waals surface area contributed by atoms with Gasteiger partial charge in [-0.05, 0) is 36.3 Å². The first-order valence-electron chi connectivity index (χ1n) is 7.43. The van der Waals surface area contributed by atoms with Gasteiger partial charge in [-0.15, -0.1) is 0 Å². The smallest absolute Gasteiger partial charge is 0.331 e. The largest absolute Gasteiger partial charge is 0.495 e. The van der Waals surface area contributed by atoms with Crippen LogP contribution in [0.1, 0.15) is 11.1 Å². The Hall–Kier alpha value is -3.08. The number of rotatable bonds is 6. The van der Waals surface area contributed by atoms with Gasteiger partial charge in [-0.3, -0.25) is 4.79 Å². The summed E-state index contributed by atoms with van der Waals surface area (Å²) in [4.78, 5) is 23.5. The highest BCUT2D eigenvalue weighted by Crippen LogP contribution is 2.22. The minimum atomic E-state index is -0.576. The van der Waals surface area contributed by atoms with Gasteiger partial charge in [-0.2, -0.15) is 0 Å². The molecule has 0 saturated carbocycles. The number of esters is 1. The zero-order chi connectivity index (χ0) is 17.4. The molecule has 2 rings (SSSR count).